The Hall–Kier alpha value is -2.87. The largest absolute Gasteiger partial charge is 0.468 e. The van der Waals surface area contributed by atoms with E-state index in [0.717, 1.165) is 63.3 Å². The molecule has 1 aromatic carbocycles. The molecule has 7 nitrogen and oxygen atoms in total. The summed E-state index contributed by atoms with van der Waals surface area (Å²) in [5, 5.41) is 5.61. The molecule has 1 saturated carbocycles. The van der Waals surface area contributed by atoms with Crippen LogP contribution in [0.5, 0.6) is 0 Å². The maximum atomic E-state index is 13.2. The highest BCUT2D eigenvalue weighted by atomic mass is 19.1. The number of carbonyl (C=O) groups is 2. The van der Waals surface area contributed by atoms with Crippen molar-refractivity contribution in [3.05, 3.63) is 54.2 Å². The first-order chi connectivity index (χ1) is 15.1. The molecule has 0 unspecified atom stereocenters. The average molecular weight is 429 g/mol. The zero-order valence-electron chi connectivity index (χ0n) is 17.6. The van der Waals surface area contributed by atoms with E-state index in [1.807, 2.05) is 12.1 Å². The molecule has 2 fully saturated rings. The Morgan fingerprint density at radius 2 is 1.74 bits per heavy atom. The van der Waals surface area contributed by atoms with Crippen molar-refractivity contribution < 1.29 is 18.4 Å². The summed E-state index contributed by atoms with van der Waals surface area (Å²) < 4.78 is 18.8. The number of anilines is 1. The van der Waals surface area contributed by atoms with Gasteiger partial charge in [-0.25, -0.2) is 4.39 Å². The predicted octanol–water partition coefficient (Wildman–Crippen LogP) is 2.46. The van der Waals surface area contributed by atoms with E-state index in [2.05, 4.69) is 20.4 Å². The van der Waals surface area contributed by atoms with Gasteiger partial charge in [0.25, 0.3) is 0 Å². The summed E-state index contributed by atoms with van der Waals surface area (Å²) in [7, 11) is 0. The molecular weight excluding hydrogens is 399 g/mol. The molecule has 2 aliphatic rings. The molecule has 2 heterocycles. The minimum absolute atomic E-state index is 0.110. The summed E-state index contributed by atoms with van der Waals surface area (Å²) in [5.41, 5.74) is 0.993. The summed E-state index contributed by atoms with van der Waals surface area (Å²) in [4.78, 5) is 29.0. The van der Waals surface area contributed by atoms with Crippen LogP contribution in [0.4, 0.5) is 10.1 Å². The van der Waals surface area contributed by atoms with E-state index in [9.17, 15) is 14.0 Å². The van der Waals surface area contributed by atoms with E-state index in [-0.39, 0.29) is 17.9 Å². The fraction of sp³-hybridized carbons (Fsp3) is 0.478. The van der Waals surface area contributed by atoms with Crippen molar-refractivity contribution in [2.75, 3.05) is 37.6 Å². The van der Waals surface area contributed by atoms with Crippen molar-refractivity contribution in [1.82, 2.24) is 15.5 Å². The SMILES string of the molecule is O=C(NC[C@@H](c1ccco1)N1CCN(c2ccc(F)cc2)CC1)C(=O)NC1CCCC1. The van der Waals surface area contributed by atoms with Gasteiger partial charge < -0.3 is 20.0 Å². The fourth-order valence-electron chi connectivity index (χ4n) is 4.42. The van der Waals surface area contributed by atoms with Crippen LogP contribution in [0.25, 0.3) is 0 Å². The third-order valence-electron chi connectivity index (χ3n) is 6.17. The highest BCUT2D eigenvalue weighted by molar-refractivity contribution is 6.35. The van der Waals surface area contributed by atoms with E-state index in [0.29, 0.717) is 6.54 Å². The minimum atomic E-state index is -0.603. The highest BCUT2D eigenvalue weighted by Gasteiger charge is 2.29. The maximum Gasteiger partial charge on any atom is 0.309 e. The van der Waals surface area contributed by atoms with Crippen LogP contribution in [-0.4, -0.2) is 55.5 Å². The molecule has 1 aromatic heterocycles. The van der Waals surface area contributed by atoms with Crippen molar-refractivity contribution in [3.63, 3.8) is 0 Å². The molecule has 2 amide bonds. The number of furan rings is 1. The molecule has 0 radical (unpaired) electrons. The number of hydrogen-bond donors (Lipinski definition) is 2. The van der Waals surface area contributed by atoms with Crippen LogP contribution in [0.1, 0.15) is 37.5 Å². The Labute approximate surface area is 181 Å². The highest BCUT2D eigenvalue weighted by Crippen LogP contribution is 2.24. The number of rotatable bonds is 6. The number of carbonyl (C=O) groups excluding carboxylic acids is 2. The van der Waals surface area contributed by atoms with Crippen molar-refractivity contribution in [2.45, 2.75) is 37.8 Å². The second kappa shape index (κ2) is 9.96. The number of nitrogens with zero attached hydrogens (tertiary/aromatic N) is 2. The normalized spacial score (nSPS) is 18.7. The van der Waals surface area contributed by atoms with Gasteiger partial charge in [-0.15, -0.1) is 0 Å². The van der Waals surface area contributed by atoms with Crippen LogP contribution in [0.2, 0.25) is 0 Å². The van der Waals surface area contributed by atoms with Crippen molar-refractivity contribution in [2.24, 2.45) is 0 Å². The number of benzene rings is 1. The van der Waals surface area contributed by atoms with Gasteiger partial charge >= 0.3 is 11.8 Å². The Balaban J connectivity index is 1.33. The number of amides is 2. The van der Waals surface area contributed by atoms with Gasteiger partial charge in [0.2, 0.25) is 0 Å². The van der Waals surface area contributed by atoms with Gasteiger partial charge in [0.1, 0.15) is 11.6 Å². The molecule has 1 aliphatic heterocycles. The first-order valence-electron chi connectivity index (χ1n) is 11.0. The predicted molar refractivity (Wildman–Crippen MR) is 115 cm³/mol. The van der Waals surface area contributed by atoms with Gasteiger partial charge in [-0.3, -0.25) is 14.5 Å². The van der Waals surface area contributed by atoms with Crippen LogP contribution < -0.4 is 15.5 Å². The lowest BCUT2D eigenvalue weighted by molar-refractivity contribution is -0.139. The van der Waals surface area contributed by atoms with Gasteiger partial charge in [0.15, 0.2) is 0 Å². The maximum absolute atomic E-state index is 13.2. The van der Waals surface area contributed by atoms with Crippen LogP contribution in [0.15, 0.2) is 47.1 Å². The summed E-state index contributed by atoms with van der Waals surface area (Å²) in [6, 6.07) is 10.2. The molecule has 0 bridgehead atoms. The van der Waals surface area contributed by atoms with E-state index < -0.39 is 11.8 Å². The van der Waals surface area contributed by atoms with Gasteiger partial charge in [0.05, 0.1) is 12.3 Å². The minimum Gasteiger partial charge on any atom is -0.468 e. The molecule has 4 rings (SSSR count). The third-order valence-corrected chi connectivity index (χ3v) is 6.17. The lowest BCUT2D eigenvalue weighted by Crippen LogP contribution is -2.51. The Morgan fingerprint density at radius 1 is 1.03 bits per heavy atom. The molecule has 2 aromatic rings. The summed E-state index contributed by atoms with van der Waals surface area (Å²) >= 11 is 0. The van der Waals surface area contributed by atoms with Gasteiger partial charge in [-0.2, -0.15) is 0 Å². The topological polar surface area (TPSA) is 77.8 Å². The van der Waals surface area contributed by atoms with E-state index in [1.54, 1.807) is 18.4 Å². The molecule has 8 heteroatoms. The second-order valence-electron chi connectivity index (χ2n) is 8.20. The fourth-order valence-corrected chi connectivity index (χ4v) is 4.42. The molecule has 2 N–H and O–H groups in total. The number of hydrogen-bond acceptors (Lipinski definition) is 5. The molecule has 1 saturated heterocycles. The van der Waals surface area contributed by atoms with E-state index in [4.69, 9.17) is 4.42 Å². The van der Waals surface area contributed by atoms with E-state index in [1.165, 1.54) is 12.1 Å². The monoisotopic (exact) mass is 428 g/mol. The lowest BCUT2D eigenvalue weighted by Gasteiger charge is -2.39. The summed E-state index contributed by atoms with van der Waals surface area (Å²) in [5.74, 6) is -0.653. The van der Waals surface area contributed by atoms with Gasteiger partial charge in [-0.05, 0) is 49.2 Å². The van der Waals surface area contributed by atoms with Crippen molar-refractivity contribution in [1.29, 1.82) is 0 Å². The zero-order chi connectivity index (χ0) is 21.6. The first kappa shape index (κ1) is 21.4. The molecule has 31 heavy (non-hydrogen) atoms. The lowest BCUT2D eigenvalue weighted by atomic mass is 10.1. The van der Waals surface area contributed by atoms with Crippen LogP contribution in [0.3, 0.4) is 0 Å². The van der Waals surface area contributed by atoms with E-state index >= 15 is 0 Å². The number of nitrogens with one attached hydrogen (secondary N) is 2. The average Bonchev–Trinajstić information content (AvgIpc) is 3.49. The Morgan fingerprint density at radius 3 is 2.39 bits per heavy atom. The Kier molecular flexibility index (Phi) is 6.86. The standard InChI is InChI=1S/C23H29FN4O3/c24-17-7-9-19(10-8-17)27-11-13-28(14-12-27)20(21-6-3-15-31-21)16-25-22(29)23(30)26-18-4-1-2-5-18/h3,6-10,15,18,20H,1-2,4-5,11-14,16H2,(H,25,29)(H,26,30)/t20-/m0/s1. The molecule has 0 spiro atoms. The third kappa shape index (κ3) is 5.44. The van der Waals surface area contributed by atoms with Crippen molar-refractivity contribution >= 4 is 17.5 Å². The second-order valence-corrected chi connectivity index (χ2v) is 8.20. The Bertz CT molecular complexity index is 857. The van der Waals surface area contributed by atoms with Gasteiger partial charge in [0, 0.05) is 44.5 Å². The van der Waals surface area contributed by atoms with Crippen LogP contribution in [0, 0.1) is 5.82 Å². The quantitative estimate of drug-likeness (QED) is 0.691. The molecule has 1 atom stereocenters. The molecule has 1 aliphatic carbocycles. The first-order valence-corrected chi connectivity index (χ1v) is 11.0. The smallest absolute Gasteiger partial charge is 0.309 e. The molecular formula is C23H29FN4O3. The summed E-state index contributed by atoms with van der Waals surface area (Å²) in [6.07, 6.45) is 5.68. The van der Waals surface area contributed by atoms with Gasteiger partial charge in [-0.1, -0.05) is 12.8 Å². The summed E-state index contributed by atoms with van der Waals surface area (Å²) in [6.45, 7) is 3.36. The number of halogens is 1. The van der Waals surface area contributed by atoms with Crippen LogP contribution in [-0.2, 0) is 9.59 Å². The zero-order valence-corrected chi connectivity index (χ0v) is 17.6. The van der Waals surface area contributed by atoms with Crippen LogP contribution >= 0.6 is 0 Å². The molecule has 166 valence electrons. The van der Waals surface area contributed by atoms with Crippen molar-refractivity contribution in [3.8, 4) is 0 Å². The number of piperazine rings is 1.